The summed E-state index contributed by atoms with van der Waals surface area (Å²) in [5, 5.41) is 13.1. The molecule has 0 aliphatic rings. The summed E-state index contributed by atoms with van der Waals surface area (Å²) in [7, 11) is 1.30. The summed E-state index contributed by atoms with van der Waals surface area (Å²) in [6.07, 6.45) is 4.62. The Morgan fingerprint density at radius 3 is 2.76 bits per heavy atom. The van der Waals surface area contributed by atoms with Gasteiger partial charge in [-0.2, -0.15) is 5.26 Å². The molecule has 0 bridgehead atoms. The topological polar surface area (TPSA) is 88.1 Å². The number of esters is 1. The summed E-state index contributed by atoms with van der Waals surface area (Å²) in [5.74, 6) is 0.0569. The first-order valence-electron chi connectivity index (χ1n) is 7.23. The van der Waals surface area contributed by atoms with Gasteiger partial charge in [-0.05, 0) is 12.3 Å². The maximum Gasteiger partial charge on any atom is 0.350 e. The number of hydrogen-bond acceptors (Lipinski definition) is 6. The maximum absolute atomic E-state index is 11.6. The van der Waals surface area contributed by atoms with Crippen molar-refractivity contribution in [2.24, 2.45) is 5.92 Å². The van der Waals surface area contributed by atoms with Gasteiger partial charge in [-0.15, -0.1) is 11.3 Å². The van der Waals surface area contributed by atoms with E-state index >= 15 is 0 Å². The van der Waals surface area contributed by atoms with Crippen molar-refractivity contribution in [3.8, 4) is 6.07 Å². The highest BCUT2D eigenvalue weighted by atomic mass is 32.1. The van der Waals surface area contributed by atoms with Crippen LogP contribution < -0.4 is 11.1 Å². The Labute approximate surface area is 130 Å². The van der Waals surface area contributed by atoms with Crippen molar-refractivity contribution < 1.29 is 9.53 Å². The number of ether oxygens (including phenoxy) is 1. The molecule has 0 aliphatic heterocycles. The van der Waals surface area contributed by atoms with Gasteiger partial charge in [-0.25, -0.2) is 4.79 Å². The molecular weight excluding hydrogens is 286 g/mol. The van der Waals surface area contributed by atoms with Crippen molar-refractivity contribution >= 4 is 28.0 Å². The van der Waals surface area contributed by atoms with Crippen LogP contribution in [0, 0.1) is 17.2 Å². The van der Waals surface area contributed by atoms with Crippen LogP contribution in [0.3, 0.4) is 0 Å². The zero-order valence-electron chi connectivity index (χ0n) is 12.9. The van der Waals surface area contributed by atoms with E-state index in [-0.39, 0.29) is 10.6 Å². The van der Waals surface area contributed by atoms with E-state index in [0.717, 1.165) is 19.4 Å². The zero-order valence-corrected chi connectivity index (χ0v) is 13.7. The predicted molar refractivity (Wildman–Crippen MR) is 86.6 cm³/mol. The number of unbranched alkanes of at least 4 members (excludes halogenated alkanes) is 1. The zero-order chi connectivity index (χ0) is 15.8. The highest BCUT2D eigenvalue weighted by Crippen LogP contribution is 2.35. The Kier molecular flexibility index (Phi) is 7.03. The lowest BCUT2D eigenvalue weighted by atomic mass is 9.99. The van der Waals surface area contributed by atoms with Crippen LogP contribution >= 0.6 is 11.3 Å². The van der Waals surface area contributed by atoms with E-state index in [2.05, 4.69) is 30.0 Å². The molecule has 0 fully saturated rings. The number of anilines is 2. The fourth-order valence-electron chi connectivity index (χ4n) is 2.10. The minimum atomic E-state index is -0.500. The second kappa shape index (κ2) is 8.53. The van der Waals surface area contributed by atoms with E-state index in [1.54, 1.807) is 0 Å². The molecule has 0 aliphatic carbocycles. The number of thiophene rings is 1. The van der Waals surface area contributed by atoms with Crippen molar-refractivity contribution in [3.63, 3.8) is 0 Å². The molecule has 0 saturated heterocycles. The number of nitriles is 1. The van der Waals surface area contributed by atoms with Crippen LogP contribution in [0.15, 0.2) is 0 Å². The Hall–Kier alpha value is -1.74. The molecule has 0 aromatic carbocycles. The Bertz CT molecular complexity index is 520. The third-order valence-electron chi connectivity index (χ3n) is 3.52. The smallest absolute Gasteiger partial charge is 0.350 e. The first-order valence-corrected chi connectivity index (χ1v) is 8.05. The van der Waals surface area contributed by atoms with Crippen LogP contribution in [-0.2, 0) is 4.74 Å². The lowest BCUT2D eigenvalue weighted by Gasteiger charge is -2.15. The lowest BCUT2D eigenvalue weighted by Crippen LogP contribution is -2.13. The second-order valence-corrected chi connectivity index (χ2v) is 5.97. The van der Waals surface area contributed by atoms with Gasteiger partial charge in [0.1, 0.15) is 21.5 Å². The average molecular weight is 309 g/mol. The molecule has 5 nitrogen and oxygen atoms in total. The van der Waals surface area contributed by atoms with E-state index in [1.807, 2.05) is 0 Å². The van der Waals surface area contributed by atoms with Crippen molar-refractivity contribution in [1.82, 2.24) is 0 Å². The maximum atomic E-state index is 11.6. The minimum absolute atomic E-state index is 0.207. The molecule has 1 atom stereocenters. The van der Waals surface area contributed by atoms with Crippen LogP contribution in [-0.4, -0.2) is 19.6 Å². The molecule has 6 heteroatoms. The number of nitrogens with one attached hydrogen (secondary N) is 1. The first-order chi connectivity index (χ1) is 10.1. The molecule has 1 rings (SSSR count). The first kappa shape index (κ1) is 17.3. The van der Waals surface area contributed by atoms with Gasteiger partial charge in [0, 0.05) is 6.54 Å². The van der Waals surface area contributed by atoms with Gasteiger partial charge in [0.05, 0.1) is 12.8 Å². The number of carbonyl (C=O) groups excluding carboxylic acids is 1. The lowest BCUT2D eigenvalue weighted by molar-refractivity contribution is 0.0607. The van der Waals surface area contributed by atoms with Gasteiger partial charge in [0.25, 0.3) is 0 Å². The van der Waals surface area contributed by atoms with E-state index in [1.165, 1.54) is 31.3 Å². The predicted octanol–water partition coefficient (Wildman–Crippen LogP) is 3.62. The average Bonchev–Trinajstić information content (AvgIpc) is 2.82. The van der Waals surface area contributed by atoms with Crippen molar-refractivity contribution in [3.05, 3.63) is 10.4 Å². The third-order valence-corrected chi connectivity index (χ3v) is 4.67. The highest BCUT2D eigenvalue weighted by Gasteiger charge is 2.21. The minimum Gasteiger partial charge on any atom is -0.465 e. The summed E-state index contributed by atoms with van der Waals surface area (Å²) < 4.78 is 4.68. The van der Waals surface area contributed by atoms with Crippen LogP contribution in [0.2, 0.25) is 0 Å². The number of rotatable bonds is 8. The molecule has 1 heterocycles. The molecule has 1 aromatic heterocycles. The van der Waals surface area contributed by atoms with Crippen molar-refractivity contribution in [1.29, 1.82) is 5.26 Å². The number of hydrogen-bond donors (Lipinski definition) is 2. The SMILES string of the molecule is CCCCC(CC)CNc1sc(C(=O)OC)c(N)c1C#N. The molecule has 1 unspecified atom stereocenters. The second-order valence-electron chi connectivity index (χ2n) is 4.95. The van der Waals surface area contributed by atoms with Crippen molar-refractivity contribution in [2.75, 3.05) is 24.7 Å². The van der Waals surface area contributed by atoms with Gasteiger partial charge in [0.15, 0.2) is 0 Å². The third kappa shape index (κ3) is 4.36. The Balaban J connectivity index is 2.83. The molecule has 0 amide bonds. The molecule has 21 heavy (non-hydrogen) atoms. The molecule has 1 aromatic rings. The summed E-state index contributed by atoms with van der Waals surface area (Å²) in [4.78, 5) is 11.9. The van der Waals surface area contributed by atoms with Gasteiger partial charge in [-0.1, -0.05) is 33.1 Å². The standard InChI is InChI=1S/C15H23N3O2S/c1-4-6-7-10(5-2)9-18-14-11(8-16)12(17)13(21-14)15(19)20-3/h10,18H,4-7,9,17H2,1-3H3. The number of carbonyl (C=O) groups is 1. The normalized spacial score (nSPS) is 11.7. The fourth-order valence-corrected chi connectivity index (χ4v) is 3.10. The van der Waals surface area contributed by atoms with E-state index in [4.69, 9.17) is 5.73 Å². The van der Waals surface area contributed by atoms with Gasteiger partial charge in [0.2, 0.25) is 0 Å². The van der Waals surface area contributed by atoms with Gasteiger partial charge >= 0.3 is 5.97 Å². The number of methoxy groups -OCH3 is 1. The Morgan fingerprint density at radius 2 is 2.24 bits per heavy atom. The molecule has 3 N–H and O–H groups in total. The molecule has 0 radical (unpaired) electrons. The number of nitrogen functional groups attached to an aromatic ring is 1. The largest absolute Gasteiger partial charge is 0.465 e. The van der Waals surface area contributed by atoms with Gasteiger partial charge in [-0.3, -0.25) is 0 Å². The van der Waals surface area contributed by atoms with E-state index in [9.17, 15) is 10.1 Å². The van der Waals surface area contributed by atoms with E-state index in [0.29, 0.717) is 16.5 Å². The van der Waals surface area contributed by atoms with Crippen LogP contribution in [0.1, 0.15) is 54.8 Å². The van der Waals surface area contributed by atoms with Crippen LogP contribution in [0.5, 0.6) is 0 Å². The quantitative estimate of drug-likeness (QED) is 0.716. The summed E-state index contributed by atoms with van der Waals surface area (Å²) >= 11 is 1.19. The molecule has 0 spiro atoms. The summed E-state index contributed by atoms with van der Waals surface area (Å²) in [5.41, 5.74) is 6.40. The van der Waals surface area contributed by atoms with Crippen LogP contribution in [0.4, 0.5) is 10.7 Å². The fraction of sp³-hybridized carbons (Fsp3) is 0.600. The van der Waals surface area contributed by atoms with E-state index < -0.39 is 5.97 Å². The summed E-state index contributed by atoms with van der Waals surface area (Å²) in [6, 6.07) is 2.06. The Morgan fingerprint density at radius 1 is 1.52 bits per heavy atom. The van der Waals surface area contributed by atoms with Gasteiger partial charge < -0.3 is 15.8 Å². The van der Waals surface area contributed by atoms with Crippen LogP contribution in [0.25, 0.3) is 0 Å². The molecule has 0 saturated carbocycles. The highest BCUT2D eigenvalue weighted by molar-refractivity contribution is 7.18. The summed E-state index contributed by atoms with van der Waals surface area (Å²) in [6.45, 7) is 5.12. The number of nitrogens with zero attached hydrogens (tertiary/aromatic N) is 1. The number of nitrogens with two attached hydrogens (primary N) is 1. The molecular formula is C15H23N3O2S. The van der Waals surface area contributed by atoms with Crippen molar-refractivity contribution in [2.45, 2.75) is 39.5 Å². The monoisotopic (exact) mass is 309 g/mol. The molecule has 116 valence electrons.